The summed E-state index contributed by atoms with van der Waals surface area (Å²) in [6.45, 7) is 0. The van der Waals surface area contributed by atoms with Crippen molar-refractivity contribution in [2.24, 2.45) is 0 Å². The Kier molecular flexibility index (Phi) is 25.9. The van der Waals surface area contributed by atoms with E-state index >= 15 is 0 Å². The summed E-state index contributed by atoms with van der Waals surface area (Å²) in [6, 6.07) is 0. The second-order valence-electron chi connectivity index (χ2n) is 2.01. The van der Waals surface area contributed by atoms with Crippen LogP contribution < -0.4 is 56.1 Å². The zero-order valence-corrected chi connectivity index (χ0v) is 19.5. The Labute approximate surface area is 181 Å². The molecule has 0 aromatic carbocycles. The number of halogens is 4. The van der Waals surface area contributed by atoms with Gasteiger partial charge in [0.15, 0.2) is 0 Å². The van der Waals surface area contributed by atoms with Gasteiger partial charge in [-0.25, -0.2) is 0 Å². The fourth-order valence-electron chi connectivity index (χ4n) is 0.174. The van der Waals surface area contributed by atoms with Gasteiger partial charge in [0.25, 0.3) is 0 Å². The van der Waals surface area contributed by atoms with Crippen molar-refractivity contribution < 1.29 is 97.5 Å². The first-order valence-corrected chi connectivity index (χ1v) is 10.7. The summed E-state index contributed by atoms with van der Waals surface area (Å²) < 4.78 is 88.1. The van der Waals surface area contributed by atoms with Crippen molar-refractivity contribution in [2.75, 3.05) is 21.3 Å². The number of hydrogen-bond acceptors (Lipinski definition) is 9. The molecule has 0 saturated heterocycles. The zero-order chi connectivity index (χ0) is 16.5. The van der Waals surface area contributed by atoms with Crippen LogP contribution in [-0.2, 0) is 39.6 Å². The van der Waals surface area contributed by atoms with Crippen LogP contribution in [0.25, 0.3) is 0 Å². The second kappa shape index (κ2) is 15.7. The van der Waals surface area contributed by atoms with Gasteiger partial charge >= 0.3 is 82.6 Å². The standard InChI is InChI=1S/C2H6O4S.CH3F2NO4S2.FH.HIS.K/c1-5-7(3,4)6-2;1-4(9(2,5)6)10(3,7)8;;1-2;/h1-2H3;1H3;1H;2H;/q;;;;+1/p-1. The van der Waals surface area contributed by atoms with Gasteiger partial charge in [0, 0.05) is 7.05 Å². The molecule has 0 aromatic rings. The Hall–Kier alpha value is 2.24. The zero-order valence-electron chi connectivity index (χ0n) is 10.9. The van der Waals surface area contributed by atoms with Crippen molar-refractivity contribution in [2.45, 2.75) is 0 Å². The molecule has 0 amide bonds. The van der Waals surface area contributed by atoms with Gasteiger partial charge in [-0.2, -0.15) is 25.3 Å². The van der Waals surface area contributed by atoms with Gasteiger partial charge in [-0.1, -0.05) is 7.77 Å². The summed E-state index contributed by atoms with van der Waals surface area (Å²) in [7, 11) is -8.85. The maximum Gasteiger partial charge on any atom is 1.00 e. The van der Waals surface area contributed by atoms with Crippen LogP contribution in [0.1, 0.15) is 0 Å². The topological polar surface area (TPSA) is 124 Å². The van der Waals surface area contributed by atoms with E-state index in [1.807, 2.05) is 21.2 Å². The van der Waals surface area contributed by atoms with Crippen LogP contribution >= 0.6 is 31.0 Å². The van der Waals surface area contributed by atoms with Crippen LogP contribution in [0.15, 0.2) is 0 Å². The summed E-state index contributed by atoms with van der Waals surface area (Å²) in [5.41, 5.74) is 0. The van der Waals surface area contributed by atoms with Crippen molar-refractivity contribution in [1.82, 2.24) is 3.71 Å². The summed E-state index contributed by atoms with van der Waals surface area (Å²) in [4.78, 5) is 0. The van der Waals surface area contributed by atoms with Crippen LogP contribution in [0.5, 0.6) is 0 Å². The van der Waals surface area contributed by atoms with Crippen LogP contribution in [0, 0.1) is 0 Å². The molecule has 0 aliphatic rings. The smallest absolute Gasteiger partial charge is 1.00 e. The van der Waals surface area contributed by atoms with Crippen LogP contribution in [-0.4, -0.2) is 50.2 Å². The fourth-order valence-corrected chi connectivity index (χ4v) is 1.16. The molecule has 128 valence electrons. The molecule has 0 radical (unpaired) electrons. The van der Waals surface area contributed by atoms with E-state index in [4.69, 9.17) is 0 Å². The minimum absolute atomic E-state index is 0. The predicted molar refractivity (Wildman–Crippen MR) is 73.8 cm³/mol. The molecular formula is C3H10F3IKNO8S4. The first-order chi connectivity index (χ1) is 8.28. The minimum Gasteiger partial charge on any atom is -1.00 e. The largest absolute Gasteiger partial charge is 1.00 e. The molecule has 0 fully saturated rings. The van der Waals surface area contributed by atoms with Gasteiger partial charge < -0.3 is 4.70 Å². The van der Waals surface area contributed by atoms with E-state index < -0.39 is 34.9 Å². The van der Waals surface area contributed by atoms with E-state index in [0.29, 0.717) is 0 Å². The Morgan fingerprint density at radius 3 is 1.10 bits per heavy atom. The van der Waals surface area contributed by atoms with Gasteiger partial charge in [-0.3, -0.25) is 8.37 Å². The molecule has 0 aromatic heterocycles. The first kappa shape index (κ1) is 34.5. The number of nitrogens with zero attached hydrogens (tertiary/aromatic N) is 1. The van der Waals surface area contributed by atoms with E-state index in [1.54, 1.807) is 0 Å². The number of hydrogen-bond donors (Lipinski definition) is 1. The molecule has 0 N–H and O–H groups in total. The van der Waals surface area contributed by atoms with Gasteiger partial charge in [0.05, 0.1) is 14.2 Å². The summed E-state index contributed by atoms with van der Waals surface area (Å²) >= 11 is 1.84. The summed E-state index contributed by atoms with van der Waals surface area (Å²) in [6.07, 6.45) is 0. The maximum atomic E-state index is 11.6. The number of rotatable bonds is 4. The normalized spacial score (nSPS) is 10.9. The van der Waals surface area contributed by atoms with Gasteiger partial charge in [-0.05, 0) is 24.9 Å². The van der Waals surface area contributed by atoms with Gasteiger partial charge in [-0.15, -0.1) is 9.80 Å². The molecular weight excluding hydrogens is 529 g/mol. The number of thiol groups is 1. The quantitative estimate of drug-likeness (QED) is 0.162. The van der Waals surface area contributed by atoms with Crippen molar-refractivity contribution in [3.8, 4) is 0 Å². The van der Waals surface area contributed by atoms with Crippen molar-refractivity contribution in [3.05, 3.63) is 0 Å². The minimum atomic E-state index is -5.49. The van der Waals surface area contributed by atoms with Crippen LogP contribution in [0.3, 0.4) is 0 Å². The fraction of sp³-hybridized carbons (Fsp3) is 1.00. The van der Waals surface area contributed by atoms with Crippen LogP contribution in [0.4, 0.5) is 7.77 Å². The average Bonchev–Trinajstić information content (AvgIpc) is 2.29. The van der Waals surface area contributed by atoms with Gasteiger partial charge in [0.1, 0.15) is 0 Å². The third-order valence-corrected chi connectivity index (χ3v) is 4.14. The molecule has 0 heterocycles. The predicted octanol–water partition coefficient (Wildman–Crippen LogP) is -5.85. The molecule has 18 heteroatoms. The van der Waals surface area contributed by atoms with E-state index in [2.05, 4.69) is 18.2 Å². The second-order valence-corrected chi connectivity index (χ2v) is 6.46. The molecule has 0 rings (SSSR count). The van der Waals surface area contributed by atoms with Crippen molar-refractivity contribution >= 4 is 62.2 Å². The molecule has 0 bridgehead atoms. The molecule has 0 unspecified atom stereocenters. The third-order valence-electron chi connectivity index (χ3n) is 1.02. The molecule has 0 aliphatic carbocycles. The molecule has 0 saturated carbocycles. The van der Waals surface area contributed by atoms with E-state index in [9.17, 15) is 33.0 Å². The molecule has 0 aliphatic heterocycles. The van der Waals surface area contributed by atoms with Crippen molar-refractivity contribution in [1.29, 1.82) is 0 Å². The van der Waals surface area contributed by atoms with Crippen LogP contribution in [0.2, 0.25) is 0 Å². The van der Waals surface area contributed by atoms with E-state index in [0.717, 1.165) is 14.2 Å². The molecule has 0 atom stereocenters. The molecule has 0 spiro atoms. The van der Waals surface area contributed by atoms with E-state index in [-0.39, 0.29) is 63.1 Å². The Morgan fingerprint density at radius 2 is 1.10 bits per heavy atom. The van der Waals surface area contributed by atoms with E-state index in [1.165, 1.54) is 0 Å². The summed E-state index contributed by atoms with van der Waals surface area (Å²) in [5, 5.41) is 0. The van der Waals surface area contributed by atoms with Gasteiger partial charge in [0.2, 0.25) is 0 Å². The maximum absolute atomic E-state index is 11.6. The third kappa shape index (κ3) is 22.2. The SMILES string of the molecule is CN(S(=O)(=O)F)S(=O)(=O)F.COS(=O)(=O)OC.SI.[F-].[K+]. The Balaban J connectivity index is -0.0000000693. The Bertz CT molecular complexity index is 495. The molecule has 9 nitrogen and oxygen atoms in total. The van der Waals surface area contributed by atoms with Crippen molar-refractivity contribution in [3.63, 3.8) is 0 Å². The first-order valence-electron chi connectivity index (χ1n) is 3.44. The Morgan fingerprint density at radius 1 is 0.905 bits per heavy atom. The monoisotopic (exact) mass is 539 g/mol. The average molecular weight is 539 g/mol. The molecule has 21 heavy (non-hydrogen) atoms. The summed E-state index contributed by atoms with van der Waals surface area (Å²) in [5.74, 6) is 0.